The lowest BCUT2D eigenvalue weighted by Crippen LogP contribution is -2.51. The van der Waals surface area contributed by atoms with Gasteiger partial charge in [-0.05, 0) is 26.8 Å². The molecule has 1 aliphatic heterocycles. The Kier molecular flexibility index (Phi) is 2.30. The molecule has 64 valence electrons. The molecule has 1 fully saturated rings. The second kappa shape index (κ2) is 2.91. The van der Waals surface area contributed by atoms with Crippen LogP contribution in [0.25, 0.3) is 0 Å². The van der Waals surface area contributed by atoms with Crippen LogP contribution >= 0.6 is 0 Å². The highest BCUT2D eigenvalue weighted by atomic mass is 16.3. The summed E-state index contributed by atoms with van der Waals surface area (Å²) in [7, 11) is 0. The number of carbonyl (C=O) groups excluding carboxylic acids is 1. The van der Waals surface area contributed by atoms with Gasteiger partial charge in [-0.15, -0.1) is 0 Å². The van der Waals surface area contributed by atoms with Crippen LogP contribution in [0.3, 0.4) is 0 Å². The molecule has 0 aliphatic carbocycles. The fourth-order valence-corrected chi connectivity index (χ4v) is 1.56. The summed E-state index contributed by atoms with van der Waals surface area (Å²) in [4.78, 5) is 11.0. The zero-order valence-corrected chi connectivity index (χ0v) is 7.05. The first kappa shape index (κ1) is 8.68. The van der Waals surface area contributed by atoms with Crippen molar-refractivity contribution in [1.29, 1.82) is 0 Å². The van der Waals surface area contributed by atoms with Crippen molar-refractivity contribution in [2.75, 3.05) is 13.1 Å². The quantitative estimate of drug-likeness (QED) is 0.560. The molecule has 2 unspecified atom stereocenters. The Labute approximate surface area is 66.8 Å². The van der Waals surface area contributed by atoms with Gasteiger partial charge in [-0.25, -0.2) is 0 Å². The number of rotatable bonds is 1. The summed E-state index contributed by atoms with van der Waals surface area (Å²) >= 11 is 0. The van der Waals surface area contributed by atoms with E-state index in [9.17, 15) is 9.90 Å². The summed E-state index contributed by atoms with van der Waals surface area (Å²) in [6.07, 6.45) is 0.664. The molecule has 0 radical (unpaired) electrons. The van der Waals surface area contributed by atoms with Gasteiger partial charge in [0.2, 0.25) is 0 Å². The zero-order valence-electron chi connectivity index (χ0n) is 7.05. The number of piperidine rings is 1. The minimum absolute atomic E-state index is 0.0715. The van der Waals surface area contributed by atoms with Crippen molar-refractivity contribution in [2.45, 2.75) is 25.9 Å². The number of carbonyl (C=O) groups is 1. The molecule has 11 heavy (non-hydrogen) atoms. The highest BCUT2D eigenvalue weighted by Gasteiger charge is 2.37. The van der Waals surface area contributed by atoms with Crippen molar-refractivity contribution >= 4 is 5.78 Å². The number of hydrogen-bond acceptors (Lipinski definition) is 3. The van der Waals surface area contributed by atoms with Crippen molar-refractivity contribution < 1.29 is 9.90 Å². The molecular formula is C8H15NO2. The van der Waals surface area contributed by atoms with Crippen LogP contribution in [0.2, 0.25) is 0 Å². The molecule has 0 aromatic rings. The third kappa shape index (κ3) is 1.79. The van der Waals surface area contributed by atoms with Gasteiger partial charge in [-0.3, -0.25) is 4.79 Å². The maximum atomic E-state index is 11.0. The molecule has 1 saturated heterocycles. The molecule has 3 heteroatoms. The van der Waals surface area contributed by atoms with Crippen LogP contribution in [0.15, 0.2) is 0 Å². The molecule has 0 spiro atoms. The molecule has 3 nitrogen and oxygen atoms in total. The van der Waals surface area contributed by atoms with E-state index in [1.54, 1.807) is 6.92 Å². The Morgan fingerprint density at radius 2 is 2.36 bits per heavy atom. The van der Waals surface area contributed by atoms with Gasteiger partial charge in [0, 0.05) is 6.54 Å². The highest BCUT2D eigenvalue weighted by molar-refractivity contribution is 5.79. The zero-order chi connectivity index (χ0) is 8.48. The van der Waals surface area contributed by atoms with E-state index in [4.69, 9.17) is 0 Å². The third-order valence-corrected chi connectivity index (χ3v) is 2.40. The lowest BCUT2D eigenvalue weighted by molar-refractivity contribution is -0.130. The lowest BCUT2D eigenvalue weighted by atomic mass is 9.81. The third-order valence-electron chi connectivity index (χ3n) is 2.40. The predicted octanol–water partition coefficient (Wildman–Crippen LogP) is -0.0641. The van der Waals surface area contributed by atoms with E-state index in [2.05, 4.69) is 5.32 Å². The van der Waals surface area contributed by atoms with Crippen LogP contribution in [0.5, 0.6) is 0 Å². The number of hydrogen-bond donors (Lipinski definition) is 2. The van der Waals surface area contributed by atoms with Gasteiger partial charge in [0.25, 0.3) is 0 Å². The van der Waals surface area contributed by atoms with Crippen molar-refractivity contribution in [1.82, 2.24) is 5.32 Å². The lowest BCUT2D eigenvalue weighted by Gasteiger charge is -2.35. The maximum absolute atomic E-state index is 11.0. The standard InChI is InChI=1S/C8H15NO2/c1-6(10)7-5-9-4-3-8(7,2)11/h7,9,11H,3-5H2,1-2H3. The van der Waals surface area contributed by atoms with Gasteiger partial charge in [0.05, 0.1) is 11.5 Å². The Morgan fingerprint density at radius 1 is 1.73 bits per heavy atom. The molecule has 1 heterocycles. The number of ketones is 1. The van der Waals surface area contributed by atoms with E-state index in [1.807, 2.05) is 0 Å². The minimum Gasteiger partial charge on any atom is -0.389 e. The molecule has 0 aromatic heterocycles. The summed E-state index contributed by atoms with van der Waals surface area (Å²) in [5, 5.41) is 12.8. The topological polar surface area (TPSA) is 49.3 Å². The first-order chi connectivity index (χ1) is 5.04. The van der Waals surface area contributed by atoms with E-state index in [-0.39, 0.29) is 11.7 Å². The van der Waals surface area contributed by atoms with E-state index in [1.165, 1.54) is 6.92 Å². The van der Waals surface area contributed by atoms with Crippen LogP contribution in [-0.4, -0.2) is 29.6 Å². The SMILES string of the molecule is CC(=O)C1CNCCC1(C)O. The molecular weight excluding hydrogens is 142 g/mol. The van der Waals surface area contributed by atoms with Crippen LogP contribution in [0.4, 0.5) is 0 Å². The van der Waals surface area contributed by atoms with Gasteiger partial charge in [-0.2, -0.15) is 0 Å². The minimum atomic E-state index is -0.795. The Bertz CT molecular complexity index is 165. The van der Waals surface area contributed by atoms with Crippen molar-refractivity contribution in [3.63, 3.8) is 0 Å². The predicted molar refractivity (Wildman–Crippen MR) is 42.3 cm³/mol. The van der Waals surface area contributed by atoms with E-state index < -0.39 is 5.60 Å². The highest BCUT2D eigenvalue weighted by Crippen LogP contribution is 2.23. The van der Waals surface area contributed by atoms with Gasteiger partial charge >= 0.3 is 0 Å². The van der Waals surface area contributed by atoms with Crippen LogP contribution in [0.1, 0.15) is 20.3 Å². The van der Waals surface area contributed by atoms with E-state index >= 15 is 0 Å². The van der Waals surface area contributed by atoms with Gasteiger partial charge in [-0.1, -0.05) is 0 Å². The molecule has 1 rings (SSSR count). The molecule has 0 bridgehead atoms. The summed E-state index contributed by atoms with van der Waals surface area (Å²) in [5.74, 6) is -0.154. The largest absolute Gasteiger partial charge is 0.389 e. The van der Waals surface area contributed by atoms with Crippen LogP contribution in [-0.2, 0) is 4.79 Å². The number of aliphatic hydroxyl groups is 1. The summed E-state index contributed by atoms with van der Waals surface area (Å²) in [6, 6.07) is 0. The van der Waals surface area contributed by atoms with E-state index in [0.29, 0.717) is 13.0 Å². The molecule has 2 atom stereocenters. The van der Waals surface area contributed by atoms with Crippen LogP contribution in [0, 0.1) is 5.92 Å². The van der Waals surface area contributed by atoms with E-state index in [0.717, 1.165) is 6.54 Å². The summed E-state index contributed by atoms with van der Waals surface area (Å²) in [6.45, 7) is 4.69. The fraction of sp³-hybridized carbons (Fsp3) is 0.875. The van der Waals surface area contributed by atoms with Crippen molar-refractivity contribution in [3.05, 3.63) is 0 Å². The smallest absolute Gasteiger partial charge is 0.137 e. The van der Waals surface area contributed by atoms with Crippen molar-refractivity contribution in [3.8, 4) is 0 Å². The number of nitrogens with one attached hydrogen (secondary N) is 1. The molecule has 1 aliphatic rings. The first-order valence-corrected chi connectivity index (χ1v) is 3.97. The molecule has 2 N–H and O–H groups in total. The Morgan fingerprint density at radius 3 is 2.73 bits per heavy atom. The maximum Gasteiger partial charge on any atom is 0.137 e. The van der Waals surface area contributed by atoms with Crippen LogP contribution < -0.4 is 5.32 Å². The average Bonchev–Trinajstić information content (AvgIpc) is 1.85. The molecule has 0 saturated carbocycles. The van der Waals surface area contributed by atoms with Gasteiger partial charge in [0.1, 0.15) is 5.78 Å². The number of Topliss-reactive ketones (excluding diaryl/α,β-unsaturated/α-hetero) is 1. The summed E-state index contributed by atoms with van der Waals surface area (Å²) < 4.78 is 0. The van der Waals surface area contributed by atoms with Gasteiger partial charge < -0.3 is 10.4 Å². The van der Waals surface area contributed by atoms with Gasteiger partial charge in [0.15, 0.2) is 0 Å². The second-order valence-corrected chi connectivity index (χ2v) is 3.47. The average molecular weight is 157 g/mol. The monoisotopic (exact) mass is 157 g/mol. The second-order valence-electron chi connectivity index (χ2n) is 3.47. The first-order valence-electron chi connectivity index (χ1n) is 3.97. The molecule has 0 amide bonds. The van der Waals surface area contributed by atoms with Crippen molar-refractivity contribution in [2.24, 2.45) is 5.92 Å². The fourth-order valence-electron chi connectivity index (χ4n) is 1.56. The normalized spacial score (nSPS) is 38.6. The Hall–Kier alpha value is -0.410. The molecule has 0 aromatic carbocycles. The summed E-state index contributed by atoms with van der Waals surface area (Å²) in [5.41, 5.74) is -0.795. The Balaban J connectivity index is 2.67.